The lowest BCUT2D eigenvalue weighted by atomic mass is 10.4. The number of esters is 1. The molecule has 0 rings (SSSR count). The van der Waals surface area contributed by atoms with Gasteiger partial charge in [0, 0.05) is 28.9 Å². The highest BCUT2D eigenvalue weighted by Crippen LogP contribution is 1.86. The Morgan fingerprint density at radius 3 is 2.46 bits per heavy atom. The molecule has 0 fully saturated rings. The van der Waals surface area contributed by atoms with Gasteiger partial charge in [-0.2, -0.15) is 0 Å². The van der Waals surface area contributed by atoms with Crippen molar-refractivity contribution in [3.05, 3.63) is 0 Å². The molecule has 2 atom stereocenters. The Labute approximate surface area is 79.3 Å². The highest BCUT2D eigenvalue weighted by Gasteiger charge is 2.16. The number of methoxy groups -OCH3 is 1. The third-order valence-electron chi connectivity index (χ3n) is 1.23. The van der Waals surface area contributed by atoms with Gasteiger partial charge < -0.3 is 10.1 Å². The molecule has 0 aliphatic heterocycles. The lowest BCUT2D eigenvalue weighted by Crippen LogP contribution is -2.40. The molecule has 0 saturated carbocycles. The van der Waals surface area contributed by atoms with Crippen LogP contribution in [-0.2, 0) is 25.1 Å². The lowest BCUT2D eigenvalue weighted by molar-refractivity contribution is -0.152. The molecular formula is C7H13NO4S. The second-order valence-corrected chi connectivity index (χ2v) is 4.09. The van der Waals surface area contributed by atoms with E-state index in [4.69, 9.17) is 0 Å². The second kappa shape index (κ2) is 5.69. The van der Waals surface area contributed by atoms with Gasteiger partial charge in [0.2, 0.25) is 0 Å². The van der Waals surface area contributed by atoms with E-state index in [2.05, 4.69) is 10.1 Å². The Balaban J connectivity index is 3.91. The van der Waals surface area contributed by atoms with Gasteiger partial charge in [0.05, 0.1) is 7.11 Å². The molecule has 5 nitrogen and oxygen atoms in total. The molecule has 0 aliphatic rings. The first-order valence-corrected chi connectivity index (χ1v) is 5.39. The Morgan fingerprint density at radius 2 is 2.08 bits per heavy atom. The van der Waals surface area contributed by atoms with Gasteiger partial charge in [0.1, 0.15) is 0 Å². The Hall–Kier alpha value is -0.910. The highest BCUT2D eigenvalue weighted by molar-refractivity contribution is 7.84. The molecule has 76 valence electrons. The SMILES string of the molecule is COC(=O)C(=O)NC(C)CS(C)=O. The number of hydrogen-bond donors (Lipinski definition) is 1. The van der Waals surface area contributed by atoms with Gasteiger partial charge in [-0.25, -0.2) is 4.79 Å². The second-order valence-electron chi connectivity index (χ2n) is 2.61. The van der Waals surface area contributed by atoms with Crippen LogP contribution < -0.4 is 5.32 Å². The zero-order valence-electron chi connectivity index (χ0n) is 7.83. The average Bonchev–Trinajstić information content (AvgIpc) is 2.01. The minimum atomic E-state index is -0.994. The number of ether oxygens (including phenoxy) is 1. The zero-order valence-corrected chi connectivity index (χ0v) is 8.64. The Morgan fingerprint density at radius 1 is 1.54 bits per heavy atom. The molecule has 0 heterocycles. The molecular weight excluding hydrogens is 194 g/mol. The molecule has 6 heteroatoms. The smallest absolute Gasteiger partial charge is 0.396 e. The summed E-state index contributed by atoms with van der Waals surface area (Å²) in [6.45, 7) is 1.67. The van der Waals surface area contributed by atoms with Gasteiger partial charge in [-0.15, -0.1) is 0 Å². The summed E-state index contributed by atoms with van der Waals surface area (Å²) in [5.41, 5.74) is 0. The van der Waals surface area contributed by atoms with Crippen LogP contribution in [0.5, 0.6) is 0 Å². The predicted octanol–water partition coefficient (Wildman–Crippen LogP) is -0.957. The summed E-state index contributed by atoms with van der Waals surface area (Å²) in [5, 5.41) is 2.36. The first-order valence-electron chi connectivity index (χ1n) is 3.66. The van der Waals surface area contributed by atoms with E-state index in [9.17, 15) is 13.8 Å². The third-order valence-corrected chi connectivity index (χ3v) is 2.20. The predicted molar refractivity (Wildman–Crippen MR) is 48.6 cm³/mol. The number of amides is 1. The zero-order chi connectivity index (χ0) is 10.4. The van der Waals surface area contributed by atoms with E-state index in [1.165, 1.54) is 6.26 Å². The van der Waals surface area contributed by atoms with Gasteiger partial charge in [-0.05, 0) is 6.92 Å². The first kappa shape index (κ1) is 12.1. The van der Waals surface area contributed by atoms with Crippen molar-refractivity contribution in [3.63, 3.8) is 0 Å². The molecule has 1 N–H and O–H groups in total. The van der Waals surface area contributed by atoms with Crippen LogP contribution in [0.15, 0.2) is 0 Å². The molecule has 13 heavy (non-hydrogen) atoms. The molecule has 0 aliphatic carbocycles. The minimum Gasteiger partial charge on any atom is -0.462 e. The number of hydrogen-bond acceptors (Lipinski definition) is 4. The van der Waals surface area contributed by atoms with Crippen molar-refractivity contribution < 1.29 is 18.5 Å². The number of nitrogens with one attached hydrogen (secondary N) is 1. The van der Waals surface area contributed by atoms with Crippen molar-refractivity contribution in [2.45, 2.75) is 13.0 Å². The van der Waals surface area contributed by atoms with Gasteiger partial charge >= 0.3 is 11.9 Å². The molecule has 0 bridgehead atoms. The number of carbonyl (C=O) groups is 2. The van der Waals surface area contributed by atoms with Gasteiger partial charge in [0.15, 0.2) is 0 Å². The summed E-state index contributed by atoms with van der Waals surface area (Å²) >= 11 is 0. The van der Waals surface area contributed by atoms with Crippen LogP contribution in [0.2, 0.25) is 0 Å². The van der Waals surface area contributed by atoms with E-state index in [1.54, 1.807) is 6.92 Å². The van der Waals surface area contributed by atoms with Crippen LogP contribution in [-0.4, -0.2) is 41.2 Å². The molecule has 0 aromatic carbocycles. The molecule has 0 radical (unpaired) electrons. The minimum absolute atomic E-state index is 0.294. The van der Waals surface area contributed by atoms with E-state index < -0.39 is 22.7 Å². The van der Waals surface area contributed by atoms with Crippen molar-refractivity contribution in [2.24, 2.45) is 0 Å². The van der Waals surface area contributed by atoms with Crippen molar-refractivity contribution >= 4 is 22.7 Å². The van der Waals surface area contributed by atoms with Gasteiger partial charge in [-0.1, -0.05) is 0 Å². The first-order chi connectivity index (χ1) is 5.97. The number of carbonyl (C=O) groups excluding carboxylic acids is 2. The summed E-state index contributed by atoms with van der Waals surface area (Å²) in [6, 6.07) is -0.294. The summed E-state index contributed by atoms with van der Waals surface area (Å²) in [6.07, 6.45) is 1.53. The normalized spacial score (nSPS) is 14.4. The lowest BCUT2D eigenvalue weighted by Gasteiger charge is -2.10. The van der Waals surface area contributed by atoms with Crippen LogP contribution in [0.25, 0.3) is 0 Å². The monoisotopic (exact) mass is 207 g/mol. The summed E-state index contributed by atoms with van der Waals surface area (Å²) < 4.78 is 14.9. The average molecular weight is 207 g/mol. The quantitative estimate of drug-likeness (QED) is 0.478. The van der Waals surface area contributed by atoms with E-state index in [-0.39, 0.29) is 6.04 Å². The van der Waals surface area contributed by atoms with Crippen LogP contribution in [0.3, 0.4) is 0 Å². The van der Waals surface area contributed by atoms with Crippen molar-refractivity contribution in [1.29, 1.82) is 0 Å². The molecule has 1 amide bonds. The maximum Gasteiger partial charge on any atom is 0.396 e. The van der Waals surface area contributed by atoms with Gasteiger partial charge in [-0.3, -0.25) is 9.00 Å². The van der Waals surface area contributed by atoms with E-state index in [0.717, 1.165) is 7.11 Å². The van der Waals surface area contributed by atoms with E-state index in [1.807, 2.05) is 0 Å². The highest BCUT2D eigenvalue weighted by atomic mass is 32.2. The Bertz CT molecular complexity index is 229. The van der Waals surface area contributed by atoms with E-state index >= 15 is 0 Å². The van der Waals surface area contributed by atoms with Crippen LogP contribution in [0, 0.1) is 0 Å². The topological polar surface area (TPSA) is 72.5 Å². The molecule has 0 aromatic rings. The third kappa shape index (κ3) is 5.35. The molecule has 0 aromatic heterocycles. The van der Waals surface area contributed by atoms with Gasteiger partial charge in [0.25, 0.3) is 0 Å². The number of rotatable bonds is 3. The van der Waals surface area contributed by atoms with Crippen molar-refractivity contribution in [3.8, 4) is 0 Å². The fourth-order valence-corrected chi connectivity index (χ4v) is 1.56. The maximum absolute atomic E-state index is 10.9. The molecule has 2 unspecified atom stereocenters. The maximum atomic E-state index is 10.9. The Kier molecular flexibility index (Phi) is 5.29. The van der Waals surface area contributed by atoms with Crippen molar-refractivity contribution in [1.82, 2.24) is 5.32 Å². The summed E-state index contributed by atoms with van der Waals surface area (Å²) in [7, 11) is 0.135. The van der Waals surface area contributed by atoms with Crippen LogP contribution in [0.4, 0.5) is 0 Å². The summed E-state index contributed by atoms with van der Waals surface area (Å²) in [5.74, 6) is -1.42. The largest absolute Gasteiger partial charge is 0.462 e. The van der Waals surface area contributed by atoms with E-state index in [0.29, 0.717) is 5.75 Å². The van der Waals surface area contributed by atoms with Crippen LogP contribution >= 0.6 is 0 Å². The molecule has 0 saturated heterocycles. The fraction of sp³-hybridized carbons (Fsp3) is 0.714. The fourth-order valence-electron chi connectivity index (χ4n) is 0.769. The van der Waals surface area contributed by atoms with Crippen molar-refractivity contribution in [2.75, 3.05) is 19.1 Å². The van der Waals surface area contributed by atoms with Crippen LogP contribution in [0.1, 0.15) is 6.92 Å². The molecule has 0 spiro atoms. The standard InChI is InChI=1S/C7H13NO4S/c1-5(4-13(3)11)8-6(9)7(10)12-2/h5H,4H2,1-3H3,(H,8,9). The summed E-state index contributed by atoms with van der Waals surface area (Å²) in [4.78, 5) is 21.5.